The third-order valence-electron chi connectivity index (χ3n) is 3.08. The number of amides is 1. The van der Waals surface area contributed by atoms with Crippen molar-refractivity contribution in [2.75, 3.05) is 6.61 Å². The Hall–Kier alpha value is -2.04. The molecule has 0 saturated heterocycles. The molecule has 1 amide bonds. The maximum atomic E-state index is 11.7. The van der Waals surface area contributed by atoms with Gasteiger partial charge in [0, 0.05) is 18.4 Å². The highest BCUT2D eigenvalue weighted by Gasteiger charge is 2.24. The van der Waals surface area contributed by atoms with Gasteiger partial charge in [-0.25, -0.2) is 0 Å². The van der Waals surface area contributed by atoms with E-state index >= 15 is 0 Å². The number of benzene rings is 1. The van der Waals surface area contributed by atoms with Gasteiger partial charge in [0.25, 0.3) is 0 Å². The first kappa shape index (κ1) is 13.4. The van der Waals surface area contributed by atoms with Crippen LogP contribution in [0.15, 0.2) is 24.3 Å². The van der Waals surface area contributed by atoms with E-state index in [0.717, 1.165) is 11.3 Å². The van der Waals surface area contributed by atoms with Gasteiger partial charge in [0.1, 0.15) is 12.4 Å². The van der Waals surface area contributed by atoms with Crippen molar-refractivity contribution in [2.24, 2.45) is 0 Å². The van der Waals surface area contributed by atoms with Gasteiger partial charge < -0.3 is 15.2 Å². The molecule has 1 aromatic rings. The Kier molecular flexibility index (Phi) is 4.39. The average Bonchev–Trinajstić information content (AvgIpc) is 2.78. The highest BCUT2D eigenvalue weighted by molar-refractivity contribution is 5.76. The first-order valence-electron chi connectivity index (χ1n) is 6.39. The van der Waals surface area contributed by atoms with Gasteiger partial charge in [-0.2, -0.15) is 0 Å². The fourth-order valence-electron chi connectivity index (χ4n) is 2.11. The van der Waals surface area contributed by atoms with Crippen LogP contribution >= 0.6 is 0 Å². The molecule has 1 atom stereocenters. The van der Waals surface area contributed by atoms with E-state index in [0.29, 0.717) is 25.9 Å². The molecule has 1 unspecified atom stereocenters. The smallest absolute Gasteiger partial charge is 0.303 e. The van der Waals surface area contributed by atoms with Crippen LogP contribution in [0.4, 0.5) is 0 Å². The summed E-state index contributed by atoms with van der Waals surface area (Å²) in [4.78, 5) is 22.1. The fourth-order valence-corrected chi connectivity index (χ4v) is 2.11. The molecule has 5 heteroatoms. The zero-order valence-corrected chi connectivity index (χ0v) is 10.6. The monoisotopic (exact) mass is 263 g/mol. The maximum Gasteiger partial charge on any atom is 0.303 e. The molecule has 1 aromatic carbocycles. The van der Waals surface area contributed by atoms with Gasteiger partial charge >= 0.3 is 5.97 Å². The lowest BCUT2D eigenvalue weighted by Gasteiger charge is -2.11. The van der Waals surface area contributed by atoms with Crippen molar-refractivity contribution >= 4 is 11.9 Å². The number of rotatable bonds is 6. The minimum absolute atomic E-state index is 0.0595. The van der Waals surface area contributed by atoms with Crippen LogP contribution < -0.4 is 10.1 Å². The normalized spacial score (nSPS) is 16.5. The van der Waals surface area contributed by atoms with Crippen LogP contribution in [0.3, 0.4) is 0 Å². The van der Waals surface area contributed by atoms with Crippen LogP contribution in [0.25, 0.3) is 0 Å². The largest absolute Gasteiger partial charge is 0.491 e. The van der Waals surface area contributed by atoms with Crippen LogP contribution in [-0.2, 0) is 9.59 Å². The van der Waals surface area contributed by atoms with Crippen LogP contribution in [0.1, 0.15) is 37.3 Å². The average molecular weight is 263 g/mol. The van der Waals surface area contributed by atoms with Crippen molar-refractivity contribution in [2.45, 2.75) is 31.7 Å². The number of hydrogen-bond donors (Lipinski definition) is 2. The van der Waals surface area contributed by atoms with E-state index < -0.39 is 5.97 Å². The summed E-state index contributed by atoms with van der Waals surface area (Å²) in [5.74, 6) is -0.0621. The van der Waals surface area contributed by atoms with E-state index in [9.17, 15) is 9.59 Å². The molecule has 0 spiro atoms. The molecule has 2 rings (SSSR count). The number of unbranched alkanes of at least 4 members (excludes halogenated alkanes) is 1. The minimum Gasteiger partial charge on any atom is -0.491 e. The number of carbonyl (C=O) groups is 2. The highest BCUT2D eigenvalue weighted by atomic mass is 16.5. The SMILES string of the molecule is O=C(O)CCCCC(=O)NC1COc2ccccc21. The Bertz CT molecular complexity index is 472. The second kappa shape index (κ2) is 6.22. The summed E-state index contributed by atoms with van der Waals surface area (Å²) in [6, 6.07) is 7.55. The van der Waals surface area contributed by atoms with Crippen molar-refractivity contribution in [3.05, 3.63) is 29.8 Å². The number of carbonyl (C=O) groups excluding carboxylic acids is 1. The summed E-state index contributed by atoms with van der Waals surface area (Å²) in [5.41, 5.74) is 1.00. The summed E-state index contributed by atoms with van der Waals surface area (Å²) in [7, 11) is 0. The number of carboxylic acids is 1. The Labute approximate surface area is 111 Å². The predicted octanol–water partition coefficient (Wildman–Crippen LogP) is 1.88. The Morgan fingerprint density at radius 3 is 2.79 bits per heavy atom. The molecule has 0 saturated carbocycles. The third kappa shape index (κ3) is 3.71. The van der Waals surface area contributed by atoms with Crippen LogP contribution in [0.2, 0.25) is 0 Å². The number of hydrogen-bond acceptors (Lipinski definition) is 3. The van der Waals surface area contributed by atoms with Gasteiger partial charge in [0.15, 0.2) is 0 Å². The Morgan fingerprint density at radius 1 is 1.26 bits per heavy atom. The third-order valence-corrected chi connectivity index (χ3v) is 3.08. The van der Waals surface area contributed by atoms with Gasteiger partial charge in [-0.1, -0.05) is 18.2 Å². The molecule has 0 aromatic heterocycles. The number of ether oxygens (including phenoxy) is 1. The maximum absolute atomic E-state index is 11.7. The highest BCUT2D eigenvalue weighted by Crippen LogP contribution is 2.31. The van der Waals surface area contributed by atoms with Gasteiger partial charge in [-0.15, -0.1) is 0 Å². The molecule has 19 heavy (non-hydrogen) atoms. The molecule has 1 aliphatic rings. The van der Waals surface area contributed by atoms with E-state index in [1.165, 1.54) is 0 Å². The zero-order valence-electron chi connectivity index (χ0n) is 10.6. The lowest BCUT2D eigenvalue weighted by Crippen LogP contribution is -2.29. The van der Waals surface area contributed by atoms with Gasteiger partial charge in [-0.05, 0) is 18.9 Å². The van der Waals surface area contributed by atoms with Gasteiger partial charge in [0.2, 0.25) is 5.91 Å². The van der Waals surface area contributed by atoms with E-state index in [2.05, 4.69) is 5.32 Å². The summed E-state index contributed by atoms with van der Waals surface area (Å²) >= 11 is 0. The first-order chi connectivity index (χ1) is 9.16. The van der Waals surface area contributed by atoms with Crippen molar-refractivity contribution < 1.29 is 19.4 Å². The zero-order chi connectivity index (χ0) is 13.7. The molecule has 0 radical (unpaired) electrons. The standard InChI is InChI=1S/C14H17NO4/c16-13(7-3-4-8-14(17)18)15-11-9-19-12-6-2-1-5-10(11)12/h1-2,5-6,11H,3-4,7-9H2,(H,15,16)(H,17,18). The van der Waals surface area contributed by atoms with E-state index in [1.807, 2.05) is 24.3 Å². The second-order valence-corrected chi connectivity index (χ2v) is 4.57. The topological polar surface area (TPSA) is 75.6 Å². The number of carboxylic acid groups (broad SMARTS) is 1. The lowest BCUT2D eigenvalue weighted by atomic mass is 10.1. The van der Waals surface area contributed by atoms with Crippen molar-refractivity contribution in [3.63, 3.8) is 0 Å². The van der Waals surface area contributed by atoms with E-state index in [1.54, 1.807) is 0 Å². The Balaban J connectivity index is 1.76. The van der Waals surface area contributed by atoms with Crippen LogP contribution in [-0.4, -0.2) is 23.6 Å². The molecule has 1 heterocycles. The molecular formula is C14H17NO4. The molecular weight excluding hydrogens is 246 g/mol. The number of aliphatic carboxylic acids is 1. The molecule has 0 aliphatic carbocycles. The minimum atomic E-state index is -0.821. The summed E-state index contributed by atoms with van der Waals surface area (Å²) in [6.07, 6.45) is 1.59. The van der Waals surface area contributed by atoms with Crippen molar-refractivity contribution in [1.29, 1.82) is 0 Å². The molecule has 1 aliphatic heterocycles. The summed E-state index contributed by atoms with van der Waals surface area (Å²) < 4.78 is 5.48. The van der Waals surface area contributed by atoms with Crippen LogP contribution in [0, 0.1) is 0 Å². The van der Waals surface area contributed by atoms with Gasteiger partial charge in [0.05, 0.1) is 6.04 Å². The molecule has 5 nitrogen and oxygen atoms in total. The molecule has 2 N–H and O–H groups in total. The molecule has 0 fully saturated rings. The second-order valence-electron chi connectivity index (χ2n) is 4.57. The predicted molar refractivity (Wildman–Crippen MR) is 68.9 cm³/mol. The first-order valence-corrected chi connectivity index (χ1v) is 6.39. The van der Waals surface area contributed by atoms with E-state index in [4.69, 9.17) is 9.84 Å². The summed E-state index contributed by atoms with van der Waals surface area (Å²) in [5, 5.41) is 11.4. The van der Waals surface area contributed by atoms with Crippen molar-refractivity contribution in [3.8, 4) is 5.75 Å². The number of nitrogens with one attached hydrogen (secondary N) is 1. The van der Waals surface area contributed by atoms with E-state index in [-0.39, 0.29) is 18.4 Å². The van der Waals surface area contributed by atoms with Crippen molar-refractivity contribution in [1.82, 2.24) is 5.32 Å². The lowest BCUT2D eigenvalue weighted by molar-refractivity contribution is -0.137. The number of para-hydroxylation sites is 1. The summed E-state index contributed by atoms with van der Waals surface area (Å²) in [6.45, 7) is 0.459. The van der Waals surface area contributed by atoms with Gasteiger partial charge in [-0.3, -0.25) is 9.59 Å². The fraction of sp³-hybridized carbons (Fsp3) is 0.429. The van der Waals surface area contributed by atoms with Crippen LogP contribution in [0.5, 0.6) is 5.75 Å². The number of fused-ring (bicyclic) bond motifs is 1. The quantitative estimate of drug-likeness (QED) is 0.768. The Morgan fingerprint density at radius 2 is 2.00 bits per heavy atom. The molecule has 0 bridgehead atoms. The molecule has 102 valence electrons.